The number of urea groups is 1. The maximum atomic E-state index is 11.9. The molecule has 1 aliphatic heterocycles. The number of para-hydroxylation sites is 1. The first-order chi connectivity index (χ1) is 9.66. The molecule has 1 fully saturated rings. The van der Waals surface area contributed by atoms with Crippen molar-refractivity contribution >= 4 is 11.9 Å². The van der Waals surface area contributed by atoms with Crippen molar-refractivity contribution < 1.29 is 14.3 Å². The van der Waals surface area contributed by atoms with E-state index in [9.17, 15) is 9.59 Å². The number of benzene rings is 1. The van der Waals surface area contributed by atoms with E-state index in [-0.39, 0.29) is 18.5 Å². The number of likely N-dealkylation sites (N-methyl/N-ethyl adjacent to an activating group) is 1. The third-order valence-electron chi connectivity index (χ3n) is 3.05. The molecular weight excluding hydrogens is 258 g/mol. The Labute approximate surface area is 118 Å². The van der Waals surface area contributed by atoms with Crippen LogP contribution in [-0.2, 0) is 4.79 Å². The van der Waals surface area contributed by atoms with Gasteiger partial charge in [-0.25, -0.2) is 4.79 Å². The van der Waals surface area contributed by atoms with Crippen LogP contribution in [0.2, 0.25) is 0 Å². The lowest BCUT2D eigenvalue weighted by atomic mass is 10.3. The summed E-state index contributed by atoms with van der Waals surface area (Å²) in [6.45, 7) is 2.32. The first-order valence-corrected chi connectivity index (χ1v) is 6.61. The molecule has 20 heavy (non-hydrogen) atoms. The second kappa shape index (κ2) is 6.91. The van der Waals surface area contributed by atoms with Gasteiger partial charge in [-0.3, -0.25) is 14.6 Å². The Kier molecular flexibility index (Phi) is 4.95. The zero-order valence-corrected chi connectivity index (χ0v) is 11.5. The Hall–Kier alpha value is -2.08. The topological polar surface area (TPSA) is 61.9 Å². The minimum absolute atomic E-state index is 0.179. The van der Waals surface area contributed by atoms with Gasteiger partial charge >= 0.3 is 6.03 Å². The molecule has 0 unspecified atom stereocenters. The molecule has 0 saturated carbocycles. The first kappa shape index (κ1) is 14.3. The molecule has 0 radical (unpaired) electrons. The number of carbonyl (C=O) groups is 2. The van der Waals surface area contributed by atoms with Crippen molar-refractivity contribution in [2.75, 3.05) is 39.8 Å². The summed E-state index contributed by atoms with van der Waals surface area (Å²) in [4.78, 5) is 26.3. The van der Waals surface area contributed by atoms with Crippen LogP contribution in [0.3, 0.4) is 0 Å². The molecule has 1 aliphatic rings. The first-order valence-electron chi connectivity index (χ1n) is 6.61. The largest absolute Gasteiger partial charge is 0.492 e. The molecule has 0 spiro atoms. The quantitative estimate of drug-likeness (QED) is 0.825. The molecule has 1 N–H and O–H groups in total. The van der Waals surface area contributed by atoms with Crippen LogP contribution in [-0.4, -0.2) is 61.6 Å². The van der Waals surface area contributed by atoms with Gasteiger partial charge in [-0.2, -0.15) is 0 Å². The van der Waals surface area contributed by atoms with Gasteiger partial charge in [-0.05, 0) is 19.2 Å². The van der Waals surface area contributed by atoms with Crippen molar-refractivity contribution in [3.05, 3.63) is 30.3 Å². The van der Waals surface area contributed by atoms with E-state index in [1.54, 1.807) is 0 Å². The summed E-state index contributed by atoms with van der Waals surface area (Å²) in [5, 5.41) is 2.61. The van der Waals surface area contributed by atoms with Gasteiger partial charge in [0.2, 0.25) is 5.91 Å². The van der Waals surface area contributed by atoms with E-state index >= 15 is 0 Å². The van der Waals surface area contributed by atoms with Crippen LogP contribution in [0.1, 0.15) is 0 Å². The lowest BCUT2D eigenvalue weighted by molar-refractivity contribution is -0.128. The molecule has 1 saturated heterocycles. The lowest BCUT2D eigenvalue weighted by Crippen LogP contribution is -2.41. The molecular formula is C14H19N3O3. The summed E-state index contributed by atoms with van der Waals surface area (Å²) in [5.74, 6) is 0.633. The molecule has 1 aromatic carbocycles. The summed E-state index contributed by atoms with van der Waals surface area (Å²) >= 11 is 0. The SMILES string of the molecule is CN(CCOc1ccccc1)CC(=O)N1CCNC1=O. The van der Waals surface area contributed by atoms with E-state index in [2.05, 4.69) is 5.32 Å². The second-order valence-corrected chi connectivity index (χ2v) is 4.68. The van der Waals surface area contributed by atoms with Crippen molar-refractivity contribution in [3.8, 4) is 5.75 Å². The van der Waals surface area contributed by atoms with E-state index < -0.39 is 0 Å². The minimum atomic E-state index is -0.302. The maximum Gasteiger partial charge on any atom is 0.324 e. The Morgan fingerprint density at radius 2 is 2.15 bits per heavy atom. The van der Waals surface area contributed by atoms with Crippen molar-refractivity contribution in [2.24, 2.45) is 0 Å². The molecule has 0 bridgehead atoms. The lowest BCUT2D eigenvalue weighted by Gasteiger charge is -2.19. The van der Waals surface area contributed by atoms with Gasteiger partial charge in [0.15, 0.2) is 0 Å². The van der Waals surface area contributed by atoms with Crippen molar-refractivity contribution in [1.82, 2.24) is 15.1 Å². The number of rotatable bonds is 6. The molecule has 108 valence electrons. The number of amides is 3. The molecule has 0 atom stereocenters. The molecule has 1 aromatic rings. The highest BCUT2D eigenvalue weighted by atomic mass is 16.5. The van der Waals surface area contributed by atoms with E-state index in [1.165, 1.54) is 4.90 Å². The van der Waals surface area contributed by atoms with Gasteiger partial charge in [0.05, 0.1) is 6.54 Å². The zero-order valence-electron chi connectivity index (χ0n) is 11.5. The van der Waals surface area contributed by atoms with Gasteiger partial charge in [0, 0.05) is 19.6 Å². The van der Waals surface area contributed by atoms with E-state index in [4.69, 9.17) is 4.74 Å². The summed E-state index contributed by atoms with van der Waals surface area (Å²) in [6.07, 6.45) is 0. The summed E-state index contributed by atoms with van der Waals surface area (Å²) in [5.41, 5.74) is 0. The highest BCUT2D eigenvalue weighted by Crippen LogP contribution is 2.07. The van der Waals surface area contributed by atoms with Crippen LogP contribution >= 0.6 is 0 Å². The predicted octanol–water partition coefficient (Wildman–Crippen LogP) is 0.549. The van der Waals surface area contributed by atoms with Gasteiger partial charge in [-0.1, -0.05) is 18.2 Å². The zero-order chi connectivity index (χ0) is 14.4. The Morgan fingerprint density at radius 3 is 2.80 bits per heavy atom. The van der Waals surface area contributed by atoms with Crippen LogP contribution < -0.4 is 10.1 Å². The minimum Gasteiger partial charge on any atom is -0.492 e. The van der Waals surface area contributed by atoms with Gasteiger partial charge in [-0.15, -0.1) is 0 Å². The van der Waals surface area contributed by atoms with Gasteiger partial charge in [0.1, 0.15) is 12.4 Å². The maximum absolute atomic E-state index is 11.9. The molecule has 1 heterocycles. The number of imide groups is 1. The van der Waals surface area contributed by atoms with Crippen molar-refractivity contribution in [1.29, 1.82) is 0 Å². The number of nitrogens with one attached hydrogen (secondary N) is 1. The average Bonchev–Trinajstić information content (AvgIpc) is 2.86. The fourth-order valence-electron chi connectivity index (χ4n) is 1.94. The van der Waals surface area contributed by atoms with Gasteiger partial charge < -0.3 is 10.1 Å². The van der Waals surface area contributed by atoms with E-state index in [0.717, 1.165) is 5.75 Å². The number of hydrogen-bond donors (Lipinski definition) is 1. The number of nitrogens with zero attached hydrogens (tertiary/aromatic N) is 2. The van der Waals surface area contributed by atoms with Crippen molar-refractivity contribution in [2.45, 2.75) is 0 Å². The molecule has 6 heteroatoms. The predicted molar refractivity (Wildman–Crippen MR) is 74.5 cm³/mol. The standard InChI is InChI=1S/C14H19N3O3/c1-16(9-10-20-12-5-3-2-4-6-12)11-13(18)17-8-7-15-14(17)19/h2-6H,7-11H2,1H3,(H,15,19). The van der Waals surface area contributed by atoms with Crippen LogP contribution in [0.5, 0.6) is 5.75 Å². The van der Waals surface area contributed by atoms with E-state index in [1.807, 2.05) is 42.3 Å². The summed E-state index contributed by atoms with van der Waals surface area (Å²) < 4.78 is 5.56. The summed E-state index contributed by atoms with van der Waals surface area (Å²) in [6, 6.07) is 9.23. The number of carbonyl (C=O) groups excluding carboxylic acids is 2. The average molecular weight is 277 g/mol. The summed E-state index contributed by atoms with van der Waals surface area (Å²) in [7, 11) is 1.83. The van der Waals surface area contributed by atoms with E-state index in [0.29, 0.717) is 26.2 Å². The highest BCUT2D eigenvalue weighted by Gasteiger charge is 2.26. The number of ether oxygens (including phenoxy) is 1. The van der Waals surface area contributed by atoms with Crippen LogP contribution in [0.4, 0.5) is 4.79 Å². The normalized spacial score (nSPS) is 14.5. The van der Waals surface area contributed by atoms with Crippen LogP contribution in [0.25, 0.3) is 0 Å². The van der Waals surface area contributed by atoms with Crippen LogP contribution in [0.15, 0.2) is 30.3 Å². The fraction of sp³-hybridized carbons (Fsp3) is 0.429. The molecule has 6 nitrogen and oxygen atoms in total. The smallest absolute Gasteiger partial charge is 0.324 e. The Bertz CT molecular complexity index is 464. The second-order valence-electron chi connectivity index (χ2n) is 4.68. The monoisotopic (exact) mass is 277 g/mol. The van der Waals surface area contributed by atoms with Crippen LogP contribution in [0, 0.1) is 0 Å². The third kappa shape index (κ3) is 3.96. The third-order valence-corrected chi connectivity index (χ3v) is 3.05. The molecule has 0 aliphatic carbocycles. The molecule has 2 rings (SSSR count). The van der Waals surface area contributed by atoms with Crippen molar-refractivity contribution in [3.63, 3.8) is 0 Å². The number of hydrogen-bond acceptors (Lipinski definition) is 4. The Morgan fingerprint density at radius 1 is 1.40 bits per heavy atom. The highest BCUT2D eigenvalue weighted by molar-refractivity contribution is 5.96. The van der Waals surface area contributed by atoms with Gasteiger partial charge in [0.25, 0.3) is 0 Å². The fourth-order valence-corrected chi connectivity index (χ4v) is 1.94. The molecule has 3 amide bonds. The molecule has 0 aromatic heterocycles. The Balaban J connectivity index is 1.68.